The Morgan fingerprint density at radius 3 is 0.841 bits per heavy atom. The molecule has 0 spiro atoms. The third-order valence-electron chi connectivity index (χ3n) is 18.3. The van der Waals surface area contributed by atoms with E-state index < -0.39 is 18.4 Å². The maximum atomic E-state index is 13.0. The SMILES string of the molecule is CCCCCCCCCC/C=C\CCCCCCCCCCCCCCCC(=O)OC(COC(=O)CCCCCCCCCCCCCCCCCCCCCCCCCCCCCCCCCCCCCCCC)COC(OCC[N+](C)(C)C)C(=O)O. The van der Waals surface area contributed by atoms with Crippen LogP contribution in [0.3, 0.4) is 0 Å². The van der Waals surface area contributed by atoms with E-state index in [1.54, 1.807) is 0 Å². The first-order valence-electron chi connectivity index (χ1n) is 39.4. The number of quaternary nitrogens is 1. The largest absolute Gasteiger partial charge is 0.477 e. The van der Waals surface area contributed by atoms with Crippen molar-refractivity contribution in [2.75, 3.05) is 47.5 Å². The molecule has 1 N–H and O–H groups in total. The summed E-state index contributed by atoms with van der Waals surface area (Å²) in [5, 5.41) is 9.76. The number of aliphatic carboxylic acids is 1. The highest BCUT2D eigenvalue weighted by molar-refractivity contribution is 5.71. The van der Waals surface area contributed by atoms with Crippen LogP contribution in [0.4, 0.5) is 0 Å². The Morgan fingerprint density at radius 1 is 0.330 bits per heavy atom. The lowest BCUT2D eigenvalue weighted by Crippen LogP contribution is -2.40. The topological polar surface area (TPSA) is 108 Å². The van der Waals surface area contributed by atoms with Crippen LogP contribution in [0.5, 0.6) is 0 Å². The zero-order valence-corrected chi connectivity index (χ0v) is 59.9. The van der Waals surface area contributed by atoms with Gasteiger partial charge in [0.05, 0.1) is 34.4 Å². The molecule has 0 aromatic heterocycles. The maximum Gasteiger partial charge on any atom is 0.361 e. The first-order valence-corrected chi connectivity index (χ1v) is 39.4. The molecule has 9 nitrogen and oxygen atoms in total. The van der Waals surface area contributed by atoms with E-state index in [0.717, 1.165) is 38.5 Å². The lowest BCUT2D eigenvalue weighted by atomic mass is 10.0. The molecule has 0 saturated heterocycles. The van der Waals surface area contributed by atoms with Gasteiger partial charge >= 0.3 is 17.9 Å². The van der Waals surface area contributed by atoms with Crippen molar-refractivity contribution in [2.45, 2.75) is 431 Å². The Labute approximate surface area is 548 Å². The molecule has 522 valence electrons. The minimum absolute atomic E-state index is 0.174. The molecule has 0 rings (SSSR count). The maximum absolute atomic E-state index is 13.0. The highest BCUT2D eigenvalue weighted by Gasteiger charge is 2.25. The van der Waals surface area contributed by atoms with Crippen LogP contribution in [-0.2, 0) is 33.3 Å². The molecule has 0 radical (unpaired) electrons. The molecule has 0 aromatic rings. The van der Waals surface area contributed by atoms with Crippen molar-refractivity contribution in [2.24, 2.45) is 0 Å². The van der Waals surface area contributed by atoms with Gasteiger partial charge in [0.2, 0.25) is 0 Å². The molecular weight excluding hydrogens is 1090 g/mol. The second kappa shape index (κ2) is 70.9. The van der Waals surface area contributed by atoms with Crippen molar-refractivity contribution in [3.8, 4) is 0 Å². The predicted octanol–water partition coefficient (Wildman–Crippen LogP) is 24.8. The number of likely N-dealkylation sites (N-methyl/N-ethyl adjacent to an activating group) is 1. The van der Waals surface area contributed by atoms with Crippen molar-refractivity contribution < 1.29 is 42.9 Å². The highest BCUT2D eigenvalue weighted by atomic mass is 16.7. The molecule has 9 heteroatoms. The second-order valence-corrected chi connectivity index (χ2v) is 28.4. The van der Waals surface area contributed by atoms with Crippen molar-refractivity contribution >= 4 is 17.9 Å². The molecule has 2 atom stereocenters. The van der Waals surface area contributed by atoms with E-state index in [-0.39, 0.29) is 38.2 Å². The minimum Gasteiger partial charge on any atom is -0.477 e. The summed E-state index contributed by atoms with van der Waals surface area (Å²) in [6.45, 7) is 4.97. The van der Waals surface area contributed by atoms with Crippen LogP contribution in [0, 0.1) is 0 Å². The molecule has 0 amide bonds. The number of carboxylic acid groups (broad SMARTS) is 1. The van der Waals surface area contributed by atoms with Gasteiger partial charge in [0.25, 0.3) is 6.29 Å². The van der Waals surface area contributed by atoms with Gasteiger partial charge in [0.1, 0.15) is 13.2 Å². The number of esters is 2. The number of ether oxygens (including phenoxy) is 4. The van der Waals surface area contributed by atoms with Crippen molar-refractivity contribution in [1.82, 2.24) is 0 Å². The van der Waals surface area contributed by atoms with E-state index in [1.165, 1.54) is 353 Å². The van der Waals surface area contributed by atoms with Crippen molar-refractivity contribution in [1.29, 1.82) is 0 Å². The Bertz CT molecular complexity index is 1450. The lowest BCUT2D eigenvalue weighted by Gasteiger charge is -2.25. The number of hydrogen-bond acceptors (Lipinski definition) is 7. The third-order valence-corrected chi connectivity index (χ3v) is 18.3. The Balaban J connectivity index is 3.93. The summed E-state index contributed by atoms with van der Waals surface area (Å²) in [6.07, 6.45) is 85.2. The third kappa shape index (κ3) is 71.5. The zero-order valence-electron chi connectivity index (χ0n) is 59.9. The lowest BCUT2D eigenvalue weighted by molar-refractivity contribution is -0.870. The number of carbonyl (C=O) groups excluding carboxylic acids is 2. The second-order valence-electron chi connectivity index (χ2n) is 28.4. The molecule has 0 aliphatic rings. The van der Waals surface area contributed by atoms with Gasteiger partial charge in [-0.25, -0.2) is 4.79 Å². The Kier molecular flexibility index (Phi) is 69.3. The average Bonchev–Trinajstić information content (AvgIpc) is 3.62. The number of rotatable bonds is 75. The van der Waals surface area contributed by atoms with Gasteiger partial charge in [0.15, 0.2) is 6.10 Å². The molecule has 88 heavy (non-hydrogen) atoms. The number of unbranched alkanes of at least 4 members (excludes halogenated alkanes) is 58. The summed E-state index contributed by atoms with van der Waals surface area (Å²) in [5.41, 5.74) is 0. The van der Waals surface area contributed by atoms with Gasteiger partial charge in [-0.2, -0.15) is 0 Å². The van der Waals surface area contributed by atoms with Crippen LogP contribution in [0.2, 0.25) is 0 Å². The summed E-state index contributed by atoms with van der Waals surface area (Å²) in [6, 6.07) is 0. The van der Waals surface area contributed by atoms with Gasteiger partial charge in [-0.1, -0.05) is 379 Å². The fourth-order valence-corrected chi connectivity index (χ4v) is 12.3. The van der Waals surface area contributed by atoms with Crippen molar-refractivity contribution in [3.63, 3.8) is 0 Å². The van der Waals surface area contributed by atoms with Crippen LogP contribution in [0.15, 0.2) is 12.2 Å². The predicted molar refractivity (Wildman–Crippen MR) is 378 cm³/mol. The first-order chi connectivity index (χ1) is 43.1. The van der Waals surface area contributed by atoms with E-state index in [1.807, 2.05) is 21.1 Å². The highest BCUT2D eigenvalue weighted by Crippen LogP contribution is 2.20. The summed E-state index contributed by atoms with van der Waals surface area (Å²) in [4.78, 5) is 37.7. The standard InChI is InChI=1S/C79H153NO8/c1-6-8-10-12-14-16-18-20-22-24-26-28-30-32-33-34-35-36-37-38-39-40-41-42-43-44-46-47-49-51-53-55-57-59-61-63-65-67-69-76(81)86-73-75(74-87-79(78(83)84)85-72-71-80(3,4)5)88-77(82)70-68-66-64-62-60-58-56-54-52-50-48-45-31-29-27-25-23-21-19-17-15-13-11-9-7-2/h25,27,75,79H,6-24,26,28-74H2,1-5H3/p+1/b27-25-. The molecule has 0 heterocycles. The van der Waals surface area contributed by atoms with Gasteiger partial charge in [-0.3, -0.25) is 9.59 Å². The van der Waals surface area contributed by atoms with Crippen LogP contribution in [0.1, 0.15) is 418 Å². The summed E-state index contributed by atoms with van der Waals surface area (Å²) in [7, 11) is 6.00. The molecule has 0 aromatic carbocycles. The molecular formula is C79H154NO8+. The molecule has 0 aliphatic heterocycles. The van der Waals surface area contributed by atoms with E-state index in [9.17, 15) is 19.5 Å². The number of nitrogens with zero attached hydrogens (tertiary/aromatic N) is 1. The number of carbonyl (C=O) groups is 3. The van der Waals surface area contributed by atoms with Crippen LogP contribution in [0.25, 0.3) is 0 Å². The van der Waals surface area contributed by atoms with Crippen LogP contribution >= 0.6 is 0 Å². The monoisotopic (exact) mass is 1250 g/mol. The van der Waals surface area contributed by atoms with E-state index in [0.29, 0.717) is 17.4 Å². The molecule has 2 unspecified atom stereocenters. The Morgan fingerprint density at radius 2 is 0.580 bits per heavy atom. The molecule has 0 bridgehead atoms. The first kappa shape index (κ1) is 86.0. The average molecular weight is 1250 g/mol. The van der Waals surface area contributed by atoms with Gasteiger partial charge in [-0.15, -0.1) is 0 Å². The number of hydrogen-bond donors (Lipinski definition) is 1. The van der Waals surface area contributed by atoms with Gasteiger partial charge in [0, 0.05) is 12.8 Å². The normalized spacial score (nSPS) is 12.6. The molecule has 0 aliphatic carbocycles. The number of allylic oxidation sites excluding steroid dienone is 2. The van der Waals surface area contributed by atoms with E-state index in [2.05, 4.69) is 26.0 Å². The summed E-state index contributed by atoms with van der Waals surface area (Å²) < 4.78 is 23.0. The summed E-state index contributed by atoms with van der Waals surface area (Å²) in [5.74, 6) is -1.97. The quantitative estimate of drug-likeness (QED) is 0.0211. The molecule has 0 saturated carbocycles. The van der Waals surface area contributed by atoms with Gasteiger partial charge in [-0.05, 0) is 38.5 Å². The fourth-order valence-electron chi connectivity index (χ4n) is 12.3. The summed E-state index contributed by atoms with van der Waals surface area (Å²) >= 11 is 0. The molecule has 0 fully saturated rings. The fraction of sp³-hybridized carbons (Fsp3) is 0.937. The van der Waals surface area contributed by atoms with Crippen molar-refractivity contribution in [3.05, 3.63) is 12.2 Å². The number of carboxylic acids is 1. The van der Waals surface area contributed by atoms with E-state index in [4.69, 9.17) is 18.9 Å². The van der Waals surface area contributed by atoms with Gasteiger partial charge < -0.3 is 28.5 Å². The van der Waals surface area contributed by atoms with Crippen LogP contribution in [-0.4, -0.2) is 87.4 Å². The zero-order chi connectivity index (χ0) is 64.0. The van der Waals surface area contributed by atoms with E-state index >= 15 is 0 Å². The minimum atomic E-state index is -1.51. The Hall–Kier alpha value is -1.97. The smallest absolute Gasteiger partial charge is 0.361 e. The van der Waals surface area contributed by atoms with Crippen LogP contribution < -0.4 is 0 Å².